The highest BCUT2D eigenvalue weighted by Crippen LogP contribution is 2.30. The lowest BCUT2D eigenvalue weighted by atomic mass is 10.1. The number of fused-ring (bicyclic) bond motifs is 3. The number of benzene rings is 1. The maximum Gasteiger partial charge on any atom is 0.0727 e. The smallest absolute Gasteiger partial charge is 0.0727 e. The van der Waals surface area contributed by atoms with Gasteiger partial charge in [0.05, 0.1) is 11.0 Å². The van der Waals surface area contributed by atoms with E-state index in [1.54, 1.807) is 0 Å². The molecule has 0 saturated heterocycles. The zero-order valence-electron chi connectivity index (χ0n) is 10.9. The van der Waals surface area contributed by atoms with Crippen LogP contribution in [-0.4, -0.2) is 9.13 Å². The Morgan fingerprint density at radius 1 is 0.941 bits per heavy atom. The zero-order valence-corrected chi connectivity index (χ0v) is 10.9. The zero-order chi connectivity index (χ0) is 12.2. The summed E-state index contributed by atoms with van der Waals surface area (Å²) in [6, 6.07) is 8.93. The van der Waals surface area contributed by atoms with E-state index in [1.807, 2.05) is 0 Å². The molecule has 2 aromatic heterocycles. The van der Waals surface area contributed by atoms with Crippen LogP contribution in [0.3, 0.4) is 0 Å². The Morgan fingerprint density at radius 3 is 2.35 bits per heavy atom. The first-order chi connectivity index (χ1) is 8.09. The van der Waals surface area contributed by atoms with E-state index in [4.69, 9.17) is 0 Å². The van der Waals surface area contributed by atoms with Crippen LogP contribution in [0, 0.1) is 0 Å². The van der Waals surface area contributed by atoms with Crippen molar-refractivity contribution in [3.05, 3.63) is 36.2 Å². The van der Waals surface area contributed by atoms with Crippen LogP contribution in [0.2, 0.25) is 0 Å². The predicted octanol–water partition coefficient (Wildman–Crippen LogP) is 3.79. The summed E-state index contributed by atoms with van der Waals surface area (Å²) in [7, 11) is 4.29. The van der Waals surface area contributed by atoms with Crippen LogP contribution < -0.4 is 0 Å². The van der Waals surface area contributed by atoms with E-state index in [1.165, 1.54) is 27.5 Å². The molecule has 0 unspecified atom stereocenters. The van der Waals surface area contributed by atoms with Gasteiger partial charge in [0.2, 0.25) is 0 Å². The van der Waals surface area contributed by atoms with Crippen molar-refractivity contribution >= 4 is 21.8 Å². The Balaban J connectivity index is 2.52. The van der Waals surface area contributed by atoms with Gasteiger partial charge in [0.1, 0.15) is 0 Å². The summed E-state index contributed by atoms with van der Waals surface area (Å²) < 4.78 is 4.55. The van der Waals surface area contributed by atoms with Crippen LogP contribution in [0.1, 0.15) is 25.5 Å². The Bertz CT molecular complexity index is 698. The first kappa shape index (κ1) is 10.5. The molecular weight excluding hydrogens is 208 g/mol. The Morgan fingerprint density at radius 2 is 1.65 bits per heavy atom. The molecule has 0 amide bonds. The molecule has 3 aromatic rings. The third-order valence-corrected chi connectivity index (χ3v) is 3.66. The highest BCUT2D eigenvalue weighted by Gasteiger charge is 2.12. The summed E-state index contributed by atoms with van der Waals surface area (Å²) in [5.41, 5.74) is 4.07. The van der Waals surface area contributed by atoms with E-state index in [2.05, 4.69) is 67.5 Å². The van der Waals surface area contributed by atoms with Gasteiger partial charge in [-0.15, -0.1) is 0 Å². The minimum atomic E-state index is 0.558. The Labute approximate surface area is 101 Å². The van der Waals surface area contributed by atoms with Crippen LogP contribution in [0.4, 0.5) is 0 Å². The first-order valence-electron chi connectivity index (χ1n) is 6.13. The van der Waals surface area contributed by atoms with Gasteiger partial charge in [-0.25, -0.2) is 0 Å². The molecule has 0 aliphatic heterocycles. The minimum absolute atomic E-state index is 0.558. The van der Waals surface area contributed by atoms with E-state index >= 15 is 0 Å². The van der Waals surface area contributed by atoms with Crippen molar-refractivity contribution in [1.82, 2.24) is 9.13 Å². The van der Waals surface area contributed by atoms with E-state index < -0.39 is 0 Å². The van der Waals surface area contributed by atoms with Gasteiger partial charge in [-0.3, -0.25) is 0 Å². The average molecular weight is 226 g/mol. The van der Waals surface area contributed by atoms with Crippen molar-refractivity contribution in [3.8, 4) is 0 Å². The SMILES string of the molecule is CC(C)c1cc2ccc3ccn(C)c3c2n1C. The van der Waals surface area contributed by atoms with Gasteiger partial charge in [0.15, 0.2) is 0 Å². The van der Waals surface area contributed by atoms with Gasteiger partial charge >= 0.3 is 0 Å². The van der Waals surface area contributed by atoms with E-state index in [0.29, 0.717) is 5.92 Å². The lowest BCUT2D eigenvalue weighted by Gasteiger charge is -2.08. The van der Waals surface area contributed by atoms with E-state index in [9.17, 15) is 0 Å². The molecule has 0 aliphatic carbocycles. The predicted molar refractivity (Wildman–Crippen MR) is 73.5 cm³/mol. The number of aryl methyl sites for hydroxylation is 2. The molecule has 3 rings (SSSR count). The van der Waals surface area contributed by atoms with E-state index in [-0.39, 0.29) is 0 Å². The first-order valence-corrected chi connectivity index (χ1v) is 6.13. The molecule has 0 bridgehead atoms. The molecule has 2 heterocycles. The van der Waals surface area contributed by atoms with Crippen LogP contribution in [0.25, 0.3) is 21.8 Å². The van der Waals surface area contributed by atoms with Crippen molar-refractivity contribution in [2.45, 2.75) is 19.8 Å². The second-order valence-corrected chi connectivity index (χ2v) is 5.15. The molecule has 88 valence electrons. The molecular formula is C15H18N2. The van der Waals surface area contributed by atoms with Gasteiger partial charge < -0.3 is 9.13 Å². The van der Waals surface area contributed by atoms with Gasteiger partial charge in [-0.05, 0) is 18.1 Å². The third kappa shape index (κ3) is 1.33. The lowest BCUT2D eigenvalue weighted by molar-refractivity contribution is 0.755. The normalized spacial score (nSPS) is 12.1. The van der Waals surface area contributed by atoms with Gasteiger partial charge in [0, 0.05) is 36.8 Å². The number of aromatic nitrogens is 2. The fourth-order valence-corrected chi connectivity index (χ4v) is 2.79. The third-order valence-electron chi connectivity index (χ3n) is 3.66. The fourth-order valence-electron chi connectivity index (χ4n) is 2.79. The Kier molecular flexibility index (Phi) is 2.09. The topological polar surface area (TPSA) is 9.86 Å². The number of hydrogen-bond acceptors (Lipinski definition) is 0. The van der Waals surface area contributed by atoms with E-state index in [0.717, 1.165) is 0 Å². The molecule has 0 radical (unpaired) electrons. The van der Waals surface area contributed by atoms with Crippen LogP contribution in [0.5, 0.6) is 0 Å². The summed E-state index contributed by atoms with van der Waals surface area (Å²) in [6.07, 6.45) is 2.13. The Hall–Kier alpha value is -1.70. The summed E-state index contributed by atoms with van der Waals surface area (Å²) >= 11 is 0. The summed E-state index contributed by atoms with van der Waals surface area (Å²) in [5.74, 6) is 0.558. The largest absolute Gasteiger partial charge is 0.349 e. The molecule has 17 heavy (non-hydrogen) atoms. The number of hydrogen-bond donors (Lipinski definition) is 0. The molecule has 0 atom stereocenters. The van der Waals surface area contributed by atoms with Crippen molar-refractivity contribution in [2.24, 2.45) is 14.1 Å². The second kappa shape index (κ2) is 3.39. The molecule has 2 heteroatoms. The van der Waals surface area contributed by atoms with Gasteiger partial charge in [-0.2, -0.15) is 0 Å². The second-order valence-electron chi connectivity index (χ2n) is 5.15. The summed E-state index contributed by atoms with van der Waals surface area (Å²) in [4.78, 5) is 0. The molecule has 0 saturated carbocycles. The lowest BCUT2D eigenvalue weighted by Crippen LogP contribution is -1.98. The standard InChI is InChI=1S/C15H18N2/c1-10(2)13-9-12-6-5-11-7-8-16(3)14(11)15(12)17(13)4/h5-10H,1-4H3. The number of nitrogens with zero attached hydrogens (tertiary/aromatic N) is 2. The van der Waals surface area contributed by atoms with Crippen LogP contribution in [0.15, 0.2) is 30.5 Å². The van der Waals surface area contributed by atoms with Crippen molar-refractivity contribution < 1.29 is 0 Å². The average Bonchev–Trinajstić information content (AvgIpc) is 2.81. The molecule has 0 fully saturated rings. The van der Waals surface area contributed by atoms with Crippen molar-refractivity contribution in [1.29, 1.82) is 0 Å². The number of rotatable bonds is 1. The fraction of sp³-hybridized carbons (Fsp3) is 0.333. The summed E-state index contributed by atoms with van der Waals surface area (Å²) in [6.45, 7) is 4.49. The molecule has 0 N–H and O–H groups in total. The van der Waals surface area contributed by atoms with Gasteiger partial charge in [0.25, 0.3) is 0 Å². The van der Waals surface area contributed by atoms with Crippen LogP contribution >= 0.6 is 0 Å². The molecule has 0 spiro atoms. The highest BCUT2D eigenvalue weighted by atomic mass is 15.0. The minimum Gasteiger partial charge on any atom is -0.349 e. The molecule has 1 aromatic carbocycles. The summed E-state index contributed by atoms with van der Waals surface area (Å²) in [5, 5.41) is 2.65. The maximum atomic E-state index is 2.34. The molecule has 2 nitrogen and oxygen atoms in total. The maximum absolute atomic E-state index is 2.34. The van der Waals surface area contributed by atoms with Gasteiger partial charge in [-0.1, -0.05) is 26.0 Å². The molecule has 0 aliphatic rings. The monoisotopic (exact) mass is 226 g/mol. The van der Waals surface area contributed by atoms with Crippen LogP contribution in [-0.2, 0) is 14.1 Å². The van der Waals surface area contributed by atoms with Crippen molar-refractivity contribution in [2.75, 3.05) is 0 Å². The highest BCUT2D eigenvalue weighted by molar-refractivity contribution is 6.04. The van der Waals surface area contributed by atoms with Crippen molar-refractivity contribution in [3.63, 3.8) is 0 Å². The quantitative estimate of drug-likeness (QED) is 0.597.